The van der Waals surface area contributed by atoms with Gasteiger partial charge in [-0.3, -0.25) is 4.90 Å². The third-order valence-electron chi connectivity index (χ3n) is 5.79. The lowest BCUT2D eigenvalue weighted by Gasteiger charge is -2.32. The maximum atomic E-state index is 11.0. The van der Waals surface area contributed by atoms with Crippen LogP contribution in [0.1, 0.15) is 42.7 Å². The molecule has 0 saturated carbocycles. The van der Waals surface area contributed by atoms with Crippen molar-refractivity contribution in [1.82, 2.24) is 10.2 Å². The maximum absolute atomic E-state index is 11.0. The van der Waals surface area contributed by atoms with E-state index in [0.717, 1.165) is 38.0 Å². The van der Waals surface area contributed by atoms with Crippen LogP contribution in [-0.4, -0.2) is 35.7 Å². The predicted octanol–water partition coefficient (Wildman–Crippen LogP) is 6.04. The van der Waals surface area contributed by atoms with Crippen molar-refractivity contribution in [3.8, 4) is 0 Å². The molecule has 29 heavy (non-hydrogen) atoms. The molecule has 1 atom stereocenters. The van der Waals surface area contributed by atoms with E-state index in [1.165, 1.54) is 18.4 Å². The van der Waals surface area contributed by atoms with Crippen LogP contribution in [0.5, 0.6) is 0 Å². The largest absolute Gasteiger partial charge is 0.465 e. The number of likely N-dealkylation sites (tertiary alicyclic amines) is 1. The molecular weight excluding hydrogens is 407 g/mol. The molecule has 156 valence electrons. The number of rotatable bonds is 8. The molecule has 1 aliphatic heterocycles. The van der Waals surface area contributed by atoms with Crippen molar-refractivity contribution in [2.24, 2.45) is 5.92 Å². The zero-order valence-electron chi connectivity index (χ0n) is 16.5. The van der Waals surface area contributed by atoms with Gasteiger partial charge in [0.25, 0.3) is 0 Å². The van der Waals surface area contributed by atoms with Crippen molar-refractivity contribution in [2.45, 2.75) is 38.1 Å². The van der Waals surface area contributed by atoms with Crippen LogP contribution in [0.4, 0.5) is 4.79 Å². The summed E-state index contributed by atoms with van der Waals surface area (Å²) in [6, 6.07) is 16.2. The molecule has 0 spiro atoms. The maximum Gasteiger partial charge on any atom is 0.404 e. The van der Waals surface area contributed by atoms with Gasteiger partial charge in [-0.2, -0.15) is 0 Å². The van der Waals surface area contributed by atoms with Gasteiger partial charge >= 0.3 is 6.09 Å². The standard InChI is InChI=1S/C23H28Cl2N2O2/c24-21-9-8-19(14-22(21)25)20(15-26-23(28)29)7-6-17-10-12-27(13-11-17)16-18-4-2-1-3-5-18/h1-5,8-9,14,17,20,26H,6-7,10-13,15-16H2,(H,28,29). The van der Waals surface area contributed by atoms with Crippen LogP contribution >= 0.6 is 23.2 Å². The number of carbonyl (C=O) groups is 1. The van der Waals surface area contributed by atoms with E-state index in [2.05, 4.69) is 40.5 Å². The highest BCUT2D eigenvalue weighted by Crippen LogP contribution is 2.31. The average molecular weight is 435 g/mol. The van der Waals surface area contributed by atoms with Gasteiger partial charge in [-0.25, -0.2) is 4.79 Å². The number of carboxylic acid groups (broad SMARTS) is 1. The molecule has 3 rings (SSSR count). The second kappa shape index (κ2) is 10.9. The first-order valence-corrected chi connectivity index (χ1v) is 10.9. The summed E-state index contributed by atoms with van der Waals surface area (Å²) in [7, 11) is 0. The van der Waals surface area contributed by atoms with E-state index in [1.807, 2.05) is 12.1 Å². The number of hydrogen-bond donors (Lipinski definition) is 2. The van der Waals surface area contributed by atoms with Gasteiger partial charge in [-0.05, 0) is 68.0 Å². The summed E-state index contributed by atoms with van der Waals surface area (Å²) in [6.45, 7) is 3.64. The van der Waals surface area contributed by atoms with Crippen LogP contribution in [0.25, 0.3) is 0 Å². The molecule has 4 nitrogen and oxygen atoms in total. The normalized spacial score (nSPS) is 16.5. The third kappa shape index (κ3) is 6.91. The fourth-order valence-corrected chi connectivity index (χ4v) is 4.38. The van der Waals surface area contributed by atoms with Crippen molar-refractivity contribution in [3.05, 3.63) is 69.7 Å². The van der Waals surface area contributed by atoms with Crippen LogP contribution in [0, 0.1) is 5.92 Å². The minimum Gasteiger partial charge on any atom is -0.465 e. The van der Waals surface area contributed by atoms with Gasteiger partial charge in [0.1, 0.15) is 0 Å². The molecule has 0 bridgehead atoms. The summed E-state index contributed by atoms with van der Waals surface area (Å²) in [6.07, 6.45) is 3.40. The molecule has 0 aliphatic carbocycles. The van der Waals surface area contributed by atoms with Crippen LogP contribution in [0.2, 0.25) is 10.0 Å². The first-order chi connectivity index (χ1) is 14.0. The molecule has 0 aromatic heterocycles. The molecule has 2 N–H and O–H groups in total. The van der Waals surface area contributed by atoms with Crippen molar-refractivity contribution < 1.29 is 9.90 Å². The van der Waals surface area contributed by atoms with Crippen molar-refractivity contribution in [3.63, 3.8) is 0 Å². The topological polar surface area (TPSA) is 52.6 Å². The summed E-state index contributed by atoms with van der Waals surface area (Å²) in [5.41, 5.74) is 2.40. The molecule has 1 amide bonds. The number of hydrogen-bond acceptors (Lipinski definition) is 2. The minimum atomic E-state index is -0.996. The van der Waals surface area contributed by atoms with Gasteiger partial charge in [0.15, 0.2) is 0 Å². The summed E-state index contributed by atoms with van der Waals surface area (Å²) < 4.78 is 0. The monoisotopic (exact) mass is 434 g/mol. The van der Waals surface area contributed by atoms with E-state index < -0.39 is 6.09 Å². The van der Waals surface area contributed by atoms with Gasteiger partial charge in [-0.15, -0.1) is 0 Å². The predicted molar refractivity (Wildman–Crippen MR) is 119 cm³/mol. The van der Waals surface area contributed by atoms with E-state index in [-0.39, 0.29) is 5.92 Å². The number of nitrogens with zero attached hydrogens (tertiary/aromatic N) is 1. The van der Waals surface area contributed by atoms with Gasteiger partial charge in [0.2, 0.25) is 0 Å². The molecule has 1 heterocycles. The number of halogens is 2. The Morgan fingerprint density at radius 3 is 2.48 bits per heavy atom. The minimum absolute atomic E-state index is 0.100. The highest BCUT2D eigenvalue weighted by Gasteiger charge is 2.22. The molecule has 1 aliphatic rings. The van der Waals surface area contributed by atoms with Crippen molar-refractivity contribution in [2.75, 3.05) is 19.6 Å². The van der Waals surface area contributed by atoms with E-state index in [9.17, 15) is 4.79 Å². The number of piperidine rings is 1. The second-order valence-corrected chi connectivity index (χ2v) is 8.65. The smallest absolute Gasteiger partial charge is 0.404 e. The Labute approximate surface area is 182 Å². The SMILES string of the molecule is O=C(O)NCC(CCC1CCN(Cc2ccccc2)CC1)c1ccc(Cl)c(Cl)c1. The van der Waals surface area contributed by atoms with Gasteiger partial charge in [0, 0.05) is 19.0 Å². The van der Waals surface area contributed by atoms with E-state index in [4.69, 9.17) is 28.3 Å². The summed E-state index contributed by atoms with van der Waals surface area (Å²) in [4.78, 5) is 13.5. The molecule has 1 unspecified atom stereocenters. The molecular formula is C23H28Cl2N2O2. The first kappa shape index (κ1) is 21.9. The van der Waals surface area contributed by atoms with E-state index in [0.29, 0.717) is 22.5 Å². The summed E-state index contributed by atoms with van der Waals surface area (Å²) >= 11 is 12.2. The lowest BCUT2D eigenvalue weighted by Crippen LogP contribution is -2.33. The Morgan fingerprint density at radius 2 is 1.83 bits per heavy atom. The summed E-state index contributed by atoms with van der Waals surface area (Å²) in [5, 5.41) is 12.6. The first-order valence-electron chi connectivity index (χ1n) is 10.2. The van der Waals surface area contributed by atoms with Crippen LogP contribution in [0.15, 0.2) is 48.5 Å². The molecule has 1 fully saturated rings. The van der Waals surface area contributed by atoms with E-state index in [1.54, 1.807) is 6.07 Å². The summed E-state index contributed by atoms with van der Waals surface area (Å²) in [5.74, 6) is 0.778. The fourth-order valence-electron chi connectivity index (χ4n) is 4.08. The molecule has 1 saturated heterocycles. The molecule has 2 aromatic carbocycles. The Bertz CT molecular complexity index is 793. The third-order valence-corrected chi connectivity index (χ3v) is 6.53. The highest BCUT2D eigenvalue weighted by molar-refractivity contribution is 6.42. The van der Waals surface area contributed by atoms with Gasteiger partial charge < -0.3 is 10.4 Å². The highest BCUT2D eigenvalue weighted by atomic mass is 35.5. The van der Waals surface area contributed by atoms with Crippen LogP contribution in [0.3, 0.4) is 0 Å². The van der Waals surface area contributed by atoms with E-state index >= 15 is 0 Å². The molecule has 6 heteroatoms. The van der Waals surface area contributed by atoms with Crippen molar-refractivity contribution >= 4 is 29.3 Å². The fraction of sp³-hybridized carbons (Fsp3) is 0.435. The zero-order valence-corrected chi connectivity index (χ0v) is 18.0. The Hall–Kier alpha value is -1.75. The van der Waals surface area contributed by atoms with Crippen LogP contribution in [-0.2, 0) is 6.54 Å². The lowest BCUT2D eigenvalue weighted by molar-refractivity contribution is 0.169. The second-order valence-electron chi connectivity index (χ2n) is 7.84. The Kier molecular flexibility index (Phi) is 8.22. The molecule has 0 radical (unpaired) electrons. The quantitative estimate of drug-likeness (QED) is 0.532. The van der Waals surface area contributed by atoms with Crippen LogP contribution < -0.4 is 5.32 Å². The van der Waals surface area contributed by atoms with Crippen molar-refractivity contribution in [1.29, 1.82) is 0 Å². The molecule has 2 aromatic rings. The zero-order chi connectivity index (χ0) is 20.6. The van der Waals surface area contributed by atoms with Gasteiger partial charge in [-0.1, -0.05) is 59.6 Å². The Balaban J connectivity index is 1.51. The Morgan fingerprint density at radius 1 is 1.10 bits per heavy atom. The number of amides is 1. The lowest BCUT2D eigenvalue weighted by atomic mass is 9.86. The number of nitrogens with one attached hydrogen (secondary N) is 1. The van der Waals surface area contributed by atoms with Gasteiger partial charge in [0.05, 0.1) is 10.0 Å². The number of benzene rings is 2. The average Bonchev–Trinajstić information content (AvgIpc) is 2.72.